The minimum atomic E-state index is -3.51. The van der Waals surface area contributed by atoms with Crippen LogP contribution in [0.15, 0.2) is 53.4 Å². The maximum absolute atomic E-state index is 12.5. The van der Waals surface area contributed by atoms with Gasteiger partial charge in [0.05, 0.1) is 12.0 Å². The molecule has 7 nitrogen and oxygen atoms in total. The van der Waals surface area contributed by atoms with E-state index in [1.165, 1.54) is 0 Å². The lowest BCUT2D eigenvalue weighted by molar-refractivity contribution is 0.0524. The number of hydrogen-bond acceptors (Lipinski definition) is 6. The van der Waals surface area contributed by atoms with Gasteiger partial charge in [0.15, 0.2) is 0 Å². The van der Waals surface area contributed by atoms with E-state index in [2.05, 4.69) is 9.62 Å². The van der Waals surface area contributed by atoms with Crippen molar-refractivity contribution in [2.45, 2.75) is 30.8 Å². The van der Waals surface area contributed by atoms with Crippen molar-refractivity contribution >= 4 is 10.0 Å². The fourth-order valence-electron chi connectivity index (χ4n) is 3.73. The zero-order valence-electron chi connectivity index (χ0n) is 18.2. The molecule has 31 heavy (non-hydrogen) atoms. The summed E-state index contributed by atoms with van der Waals surface area (Å²) in [5, 5.41) is 10.4. The summed E-state index contributed by atoms with van der Waals surface area (Å²) in [6.07, 6.45) is 1.32. The molecule has 2 aromatic rings. The summed E-state index contributed by atoms with van der Waals surface area (Å²) >= 11 is 0. The third-order valence-electron chi connectivity index (χ3n) is 5.47. The normalized spacial score (nSPS) is 18.5. The lowest BCUT2D eigenvalue weighted by atomic mass is 9.98. The van der Waals surface area contributed by atoms with Gasteiger partial charge in [0.1, 0.15) is 24.2 Å². The number of aliphatic hydroxyl groups is 1. The lowest BCUT2D eigenvalue weighted by Crippen LogP contribution is -2.44. The molecule has 1 fully saturated rings. The Morgan fingerprint density at radius 1 is 1.13 bits per heavy atom. The van der Waals surface area contributed by atoms with Crippen LogP contribution in [0.1, 0.15) is 18.4 Å². The second kappa shape index (κ2) is 10.9. The maximum Gasteiger partial charge on any atom is 0.240 e. The number of ether oxygens (including phenoxy) is 2. The van der Waals surface area contributed by atoms with E-state index in [0.717, 1.165) is 37.2 Å². The number of β-amino-alcohol motifs (C(OH)–C–C–N with tert-alkyl or cyclic N) is 1. The Morgan fingerprint density at radius 3 is 2.48 bits per heavy atom. The van der Waals surface area contributed by atoms with E-state index in [1.54, 1.807) is 31.4 Å². The smallest absolute Gasteiger partial charge is 0.240 e. The van der Waals surface area contributed by atoms with Crippen LogP contribution >= 0.6 is 0 Å². The van der Waals surface area contributed by atoms with Crippen LogP contribution in [-0.2, 0) is 10.0 Å². The molecule has 170 valence electrons. The predicted molar refractivity (Wildman–Crippen MR) is 120 cm³/mol. The first-order valence-electron chi connectivity index (χ1n) is 10.6. The van der Waals surface area contributed by atoms with E-state index in [1.807, 2.05) is 31.2 Å². The highest BCUT2D eigenvalue weighted by atomic mass is 32.2. The Hall–Kier alpha value is -2.13. The number of rotatable bonds is 10. The monoisotopic (exact) mass is 448 g/mol. The van der Waals surface area contributed by atoms with Gasteiger partial charge in [-0.2, -0.15) is 0 Å². The molecule has 0 amide bonds. The number of hydrogen-bond donors (Lipinski definition) is 2. The van der Waals surface area contributed by atoms with Gasteiger partial charge in [-0.15, -0.1) is 0 Å². The molecular weight excluding hydrogens is 416 g/mol. The van der Waals surface area contributed by atoms with Gasteiger partial charge in [0.2, 0.25) is 10.0 Å². The van der Waals surface area contributed by atoms with E-state index < -0.39 is 16.1 Å². The Bertz CT molecular complexity index is 916. The standard InChI is InChI=1S/C23H32N2O5S/c1-18-5-11-23(12-6-18)31(27,28)24-14-19-4-3-13-25(15-19)16-20(26)17-30-22-9-7-21(29-2)8-10-22/h5-12,19-20,24,26H,3-4,13-17H2,1-2H3. The SMILES string of the molecule is COc1ccc(OCC(O)CN2CCCC(CNS(=O)(=O)c3ccc(C)cc3)C2)cc1. The Morgan fingerprint density at radius 2 is 1.81 bits per heavy atom. The zero-order chi connectivity index (χ0) is 22.3. The minimum Gasteiger partial charge on any atom is -0.497 e. The Kier molecular flexibility index (Phi) is 8.31. The van der Waals surface area contributed by atoms with E-state index in [9.17, 15) is 13.5 Å². The highest BCUT2D eigenvalue weighted by molar-refractivity contribution is 7.89. The molecule has 2 unspecified atom stereocenters. The van der Waals surface area contributed by atoms with Crippen LogP contribution in [0.5, 0.6) is 11.5 Å². The van der Waals surface area contributed by atoms with Crippen molar-refractivity contribution in [1.29, 1.82) is 0 Å². The number of piperidine rings is 1. The third kappa shape index (κ3) is 7.21. The molecule has 0 saturated carbocycles. The molecule has 1 saturated heterocycles. The Labute approximate surface area is 185 Å². The number of methoxy groups -OCH3 is 1. The summed E-state index contributed by atoms with van der Waals surface area (Å²) in [5.74, 6) is 1.65. The van der Waals surface area contributed by atoms with E-state index in [0.29, 0.717) is 18.8 Å². The fraction of sp³-hybridized carbons (Fsp3) is 0.478. The Balaban J connectivity index is 1.43. The third-order valence-corrected chi connectivity index (χ3v) is 6.91. The molecule has 0 radical (unpaired) electrons. The van der Waals surface area contributed by atoms with Gasteiger partial charge in [-0.1, -0.05) is 17.7 Å². The molecule has 8 heteroatoms. The van der Waals surface area contributed by atoms with E-state index in [-0.39, 0.29) is 17.4 Å². The first-order chi connectivity index (χ1) is 14.9. The summed E-state index contributed by atoms with van der Waals surface area (Å²) in [6.45, 7) is 4.66. The molecule has 3 rings (SSSR count). The number of aliphatic hydroxyl groups excluding tert-OH is 1. The van der Waals surface area contributed by atoms with Crippen molar-refractivity contribution in [2.24, 2.45) is 5.92 Å². The molecule has 0 bridgehead atoms. The maximum atomic E-state index is 12.5. The first-order valence-corrected chi connectivity index (χ1v) is 12.1. The van der Waals surface area contributed by atoms with Gasteiger partial charge in [-0.3, -0.25) is 0 Å². The van der Waals surface area contributed by atoms with Gasteiger partial charge in [-0.05, 0) is 68.6 Å². The zero-order valence-corrected chi connectivity index (χ0v) is 19.0. The van der Waals surface area contributed by atoms with Crippen LogP contribution < -0.4 is 14.2 Å². The second-order valence-electron chi connectivity index (χ2n) is 8.07. The van der Waals surface area contributed by atoms with Gasteiger partial charge >= 0.3 is 0 Å². The number of nitrogens with zero attached hydrogens (tertiary/aromatic N) is 1. The van der Waals surface area contributed by atoms with E-state index in [4.69, 9.17) is 9.47 Å². The van der Waals surface area contributed by atoms with Crippen molar-refractivity contribution in [3.8, 4) is 11.5 Å². The summed E-state index contributed by atoms with van der Waals surface area (Å²) in [4.78, 5) is 2.47. The molecule has 2 N–H and O–H groups in total. The number of benzene rings is 2. The molecule has 1 aliphatic rings. The largest absolute Gasteiger partial charge is 0.497 e. The van der Waals surface area contributed by atoms with Gasteiger partial charge in [0, 0.05) is 19.6 Å². The summed E-state index contributed by atoms with van der Waals surface area (Å²) in [5.41, 5.74) is 1.02. The van der Waals surface area contributed by atoms with Crippen molar-refractivity contribution < 1.29 is 23.0 Å². The average Bonchev–Trinajstić information content (AvgIpc) is 2.77. The molecular formula is C23H32N2O5S. The lowest BCUT2D eigenvalue weighted by Gasteiger charge is -2.33. The number of aryl methyl sites for hydroxylation is 1. The highest BCUT2D eigenvalue weighted by Gasteiger charge is 2.24. The fourth-order valence-corrected chi connectivity index (χ4v) is 4.84. The molecule has 1 heterocycles. The van der Waals surface area contributed by atoms with Crippen LogP contribution in [0.2, 0.25) is 0 Å². The van der Waals surface area contributed by atoms with Gasteiger partial charge in [-0.25, -0.2) is 13.1 Å². The quantitative estimate of drug-likeness (QED) is 0.581. The summed E-state index contributed by atoms with van der Waals surface area (Å²) in [6, 6.07) is 14.1. The van der Waals surface area contributed by atoms with Crippen LogP contribution in [0, 0.1) is 12.8 Å². The van der Waals surface area contributed by atoms with Crippen LogP contribution in [0.3, 0.4) is 0 Å². The topological polar surface area (TPSA) is 88.1 Å². The first kappa shape index (κ1) is 23.5. The average molecular weight is 449 g/mol. The molecule has 2 aromatic carbocycles. The van der Waals surface area contributed by atoms with Gasteiger partial charge < -0.3 is 19.5 Å². The van der Waals surface area contributed by atoms with Crippen molar-refractivity contribution in [1.82, 2.24) is 9.62 Å². The molecule has 0 aromatic heterocycles. The van der Waals surface area contributed by atoms with E-state index >= 15 is 0 Å². The van der Waals surface area contributed by atoms with Crippen LogP contribution in [0.25, 0.3) is 0 Å². The second-order valence-corrected chi connectivity index (χ2v) is 9.84. The predicted octanol–water partition coefficient (Wildman–Crippen LogP) is 2.43. The summed E-state index contributed by atoms with van der Waals surface area (Å²) < 4.78 is 38.6. The van der Waals surface area contributed by atoms with Crippen molar-refractivity contribution in [2.75, 3.05) is 39.9 Å². The molecule has 0 aliphatic carbocycles. The van der Waals surface area contributed by atoms with Gasteiger partial charge in [0.25, 0.3) is 0 Å². The van der Waals surface area contributed by atoms with Crippen molar-refractivity contribution in [3.05, 3.63) is 54.1 Å². The molecule has 1 aliphatic heterocycles. The van der Waals surface area contributed by atoms with Crippen molar-refractivity contribution in [3.63, 3.8) is 0 Å². The molecule has 0 spiro atoms. The van der Waals surface area contributed by atoms with Crippen LogP contribution in [-0.4, -0.2) is 64.4 Å². The molecule has 2 atom stereocenters. The minimum absolute atomic E-state index is 0.202. The number of sulfonamides is 1. The highest BCUT2D eigenvalue weighted by Crippen LogP contribution is 2.19. The number of nitrogens with one attached hydrogen (secondary N) is 1. The number of likely N-dealkylation sites (tertiary alicyclic amines) is 1. The van der Waals surface area contributed by atoms with Crippen LogP contribution in [0.4, 0.5) is 0 Å². The summed E-state index contributed by atoms with van der Waals surface area (Å²) in [7, 11) is -1.90.